The van der Waals surface area contributed by atoms with Crippen LogP contribution in [0.5, 0.6) is 0 Å². The van der Waals surface area contributed by atoms with Crippen molar-refractivity contribution >= 4 is 29.9 Å². The van der Waals surface area contributed by atoms with Crippen molar-refractivity contribution in [3.8, 4) is 0 Å². The van der Waals surface area contributed by atoms with E-state index in [1.165, 1.54) is 31.5 Å². The lowest BCUT2D eigenvalue weighted by Gasteiger charge is -2.46. The average molecular weight is 556 g/mol. The molecule has 0 aliphatic carbocycles. The van der Waals surface area contributed by atoms with Gasteiger partial charge in [0.2, 0.25) is 0 Å². The number of nitrogens with one attached hydrogen (secondary N) is 1. The molecule has 3 aliphatic rings. The lowest BCUT2D eigenvalue weighted by Crippen LogP contribution is -2.60. The Morgan fingerprint density at radius 2 is 1.69 bits per heavy atom. The van der Waals surface area contributed by atoms with Crippen molar-refractivity contribution in [1.82, 2.24) is 20.0 Å². The van der Waals surface area contributed by atoms with E-state index >= 15 is 0 Å². The van der Waals surface area contributed by atoms with Crippen LogP contribution in [0, 0.1) is 0 Å². The largest absolute Gasteiger partial charge is 0.381 e. The van der Waals surface area contributed by atoms with Gasteiger partial charge >= 0.3 is 0 Å². The lowest BCUT2D eigenvalue weighted by atomic mass is 9.88. The summed E-state index contributed by atoms with van der Waals surface area (Å²) >= 11 is 0. The number of rotatable bonds is 6. The highest BCUT2D eigenvalue weighted by Crippen LogP contribution is 2.31. The third kappa shape index (κ3) is 5.96. The number of benzene rings is 1. The van der Waals surface area contributed by atoms with Crippen molar-refractivity contribution < 1.29 is 4.74 Å². The van der Waals surface area contributed by atoms with E-state index in [1.54, 1.807) is 0 Å². The molecule has 3 aliphatic heterocycles. The van der Waals surface area contributed by atoms with Crippen LogP contribution in [0.1, 0.15) is 50.6 Å². The minimum Gasteiger partial charge on any atom is -0.381 e. The van der Waals surface area contributed by atoms with Crippen molar-refractivity contribution in [2.24, 2.45) is 4.99 Å². The molecule has 3 heterocycles. The summed E-state index contributed by atoms with van der Waals surface area (Å²) in [5.74, 6) is 1.07. The number of aliphatic imine (C=N–C) groups is 1. The van der Waals surface area contributed by atoms with Crippen LogP contribution in [-0.2, 0) is 4.74 Å². The van der Waals surface area contributed by atoms with Crippen LogP contribution in [-0.4, -0.2) is 92.3 Å². The van der Waals surface area contributed by atoms with Crippen molar-refractivity contribution in [1.29, 1.82) is 0 Å². The van der Waals surface area contributed by atoms with E-state index in [2.05, 4.69) is 62.3 Å². The Labute approximate surface area is 211 Å². The number of piperazine rings is 1. The Hall–Kier alpha value is -0.900. The monoisotopic (exact) mass is 555 g/mol. The fourth-order valence-corrected chi connectivity index (χ4v) is 5.75. The van der Waals surface area contributed by atoms with Crippen LogP contribution in [0.15, 0.2) is 35.3 Å². The van der Waals surface area contributed by atoms with Gasteiger partial charge in [0.1, 0.15) is 0 Å². The van der Waals surface area contributed by atoms with Gasteiger partial charge in [-0.15, -0.1) is 24.0 Å². The van der Waals surface area contributed by atoms with Gasteiger partial charge in [0.25, 0.3) is 0 Å². The number of hydrogen-bond acceptors (Lipinski definition) is 4. The fourth-order valence-electron chi connectivity index (χ4n) is 5.75. The maximum absolute atomic E-state index is 5.71. The molecule has 0 aromatic heterocycles. The molecule has 0 radical (unpaired) electrons. The molecule has 0 spiro atoms. The number of guanidine groups is 1. The molecule has 7 heteroatoms. The molecule has 1 N–H and O–H groups in total. The molecule has 1 atom stereocenters. The third-order valence-corrected chi connectivity index (χ3v) is 7.61. The molecule has 0 amide bonds. The summed E-state index contributed by atoms with van der Waals surface area (Å²) in [7, 11) is 1.93. The van der Waals surface area contributed by atoms with Gasteiger partial charge in [-0.1, -0.05) is 37.3 Å². The summed E-state index contributed by atoms with van der Waals surface area (Å²) in [6, 6.07) is 11.5. The zero-order valence-electron chi connectivity index (χ0n) is 20.0. The summed E-state index contributed by atoms with van der Waals surface area (Å²) in [6.07, 6.45) is 6.07. The summed E-state index contributed by atoms with van der Waals surface area (Å²) in [6.45, 7) is 11.7. The minimum atomic E-state index is 0. The number of likely N-dealkylation sites (tertiary alicyclic amines) is 1. The van der Waals surface area contributed by atoms with Gasteiger partial charge in [0.05, 0.1) is 0 Å². The van der Waals surface area contributed by atoms with E-state index < -0.39 is 0 Å². The van der Waals surface area contributed by atoms with Crippen LogP contribution < -0.4 is 5.32 Å². The SMILES string of the molecule is CCC(c1ccccc1)N1CCN(C(=NC)NCC2(N3CCCC3)CCOCC2)CC1.I. The van der Waals surface area contributed by atoms with Crippen molar-refractivity contribution in [2.45, 2.75) is 50.6 Å². The molecule has 1 unspecified atom stereocenters. The van der Waals surface area contributed by atoms with E-state index in [9.17, 15) is 0 Å². The van der Waals surface area contributed by atoms with Crippen LogP contribution >= 0.6 is 24.0 Å². The standard InChI is InChI=1S/C25H41N5O.HI/c1-3-23(22-9-5-4-6-10-22)28-15-17-29(18-16-28)24(26-2)27-21-25(11-19-31-20-12-25)30-13-7-8-14-30;/h4-6,9-10,23H,3,7-8,11-21H2,1-2H3,(H,26,27);1H. The van der Waals surface area contributed by atoms with E-state index in [4.69, 9.17) is 4.74 Å². The Morgan fingerprint density at radius 3 is 2.28 bits per heavy atom. The van der Waals surface area contributed by atoms with Crippen molar-refractivity contribution in [2.75, 3.05) is 66.1 Å². The van der Waals surface area contributed by atoms with Crippen LogP contribution in [0.25, 0.3) is 0 Å². The normalized spacial score (nSPS) is 23.6. The molecule has 6 nitrogen and oxygen atoms in total. The van der Waals surface area contributed by atoms with E-state index in [0.29, 0.717) is 6.04 Å². The summed E-state index contributed by atoms with van der Waals surface area (Å²) in [5.41, 5.74) is 1.67. The topological polar surface area (TPSA) is 43.3 Å². The first-order valence-corrected chi connectivity index (χ1v) is 12.3. The Kier molecular flexibility index (Phi) is 10.1. The predicted molar refractivity (Wildman–Crippen MR) is 143 cm³/mol. The number of halogens is 1. The number of ether oxygens (including phenoxy) is 1. The fraction of sp³-hybridized carbons (Fsp3) is 0.720. The van der Waals surface area contributed by atoms with Gasteiger partial charge in [-0.05, 0) is 50.8 Å². The molecule has 3 saturated heterocycles. The molecule has 32 heavy (non-hydrogen) atoms. The maximum atomic E-state index is 5.71. The third-order valence-electron chi connectivity index (χ3n) is 7.61. The Balaban J connectivity index is 0.00000289. The van der Waals surface area contributed by atoms with Gasteiger partial charge in [-0.25, -0.2) is 0 Å². The first-order chi connectivity index (χ1) is 15.3. The molecule has 4 rings (SSSR count). The van der Waals surface area contributed by atoms with Gasteiger partial charge in [-0.3, -0.25) is 14.8 Å². The quantitative estimate of drug-likeness (QED) is 0.330. The molecular formula is C25H42IN5O. The second-order valence-electron chi connectivity index (χ2n) is 9.29. The highest BCUT2D eigenvalue weighted by Gasteiger charge is 2.40. The summed E-state index contributed by atoms with van der Waals surface area (Å²) in [4.78, 5) is 12.5. The first kappa shape index (κ1) is 25.7. The highest BCUT2D eigenvalue weighted by molar-refractivity contribution is 14.0. The Bertz CT molecular complexity index is 696. The predicted octanol–water partition coefficient (Wildman–Crippen LogP) is 3.59. The molecular weight excluding hydrogens is 513 g/mol. The zero-order valence-corrected chi connectivity index (χ0v) is 22.3. The zero-order chi connectivity index (χ0) is 21.5. The molecule has 0 saturated carbocycles. The van der Waals surface area contributed by atoms with E-state index in [-0.39, 0.29) is 29.5 Å². The van der Waals surface area contributed by atoms with E-state index in [0.717, 1.165) is 71.2 Å². The molecule has 180 valence electrons. The second kappa shape index (κ2) is 12.5. The van der Waals surface area contributed by atoms with Crippen LogP contribution in [0.3, 0.4) is 0 Å². The van der Waals surface area contributed by atoms with Crippen molar-refractivity contribution in [3.63, 3.8) is 0 Å². The van der Waals surface area contributed by atoms with Gasteiger partial charge in [0.15, 0.2) is 5.96 Å². The molecule has 1 aromatic rings. The van der Waals surface area contributed by atoms with Gasteiger partial charge in [0, 0.05) is 64.6 Å². The minimum absolute atomic E-state index is 0. The number of nitrogens with zero attached hydrogens (tertiary/aromatic N) is 4. The molecule has 0 bridgehead atoms. The first-order valence-electron chi connectivity index (χ1n) is 12.3. The molecule has 1 aromatic carbocycles. The lowest BCUT2D eigenvalue weighted by molar-refractivity contribution is -0.0167. The smallest absolute Gasteiger partial charge is 0.193 e. The van der Waals surface area contributed by atoms with E-state index in [1.807, 2.05) is 7.05 Å². The van der Waals surface area contributed by atoms with Gasteiger partial charge < -0.3 is 15.0 Å². The Morgan fingerprint density at radius 1 is 1.03 bits per heavy atom. The van der Waals surface area contributed by atoms with Crippen LogP contribution in [0.4, 0.5) is 0 Å². The van der Waals surface area contributed by atoms with Gasteiger partial charge in [-0.2, -0.15) is 0 Å². The molecule has 3 fully saturated rings. The second-order valence-corrected chi connectivity index (χ2v) is 9.29. The highest BCUT2D eigenvalue weighted by atomic mass is 127. The van der Waals surface area contributed by atoms with Crippen molar-refractivity contribution in [3.05, 3.63) is 35.9 Å². The maximum Gasteiger partial charge on any atom is 0.193 e. The summed E-state index contributed by atoms with van der Waals surface area (Å²) < 4.78 is 5.71. The average Bonchev–Trinajstić information content (AvgIpc) is 3.38. The summed E-state index contributed by atoms with van der Waals surface area (Å²) in [5, 5.41) is 3.78. The van der Waals surface area contributed by atoms with Crippen LogP contribution in [0.2, 0.25) is 0 Å². The number of hydrogen-bond donors (Lipinski definition) is 1.